The average molecular weight is 246 g/mol. The van der Waals surface area contributed by atoms with Gasteiger partial charge in [0.15, 0.2) is 0 Å². The molecule has 2 atom stereocenters. The molecule has 0 aromatic heterocycles. The molecule has 1 aromatic rings. The predicted molar refractivity (Wildman–Crippen MR) is 81.9 cm³/mol. The molecule has 0 N–H and O–H groups in total. The van der Waals surface area contributed by atoms with Crippen molar-refractivity contribution < 1.29 is 0 Å². The highest BCUT2D eigenvalue weighted by Crippen LogP contribution is 2.33. The standard InChI is InChI=1S/C18H30/c1-5-11-18(17-12-9-8-10-13-17)14-15(4)16(6-2)7-3/h8-10,12-13,15-16,18H,5-7,11,14H2,1-4H3/t15-,18?/m1/s1. The van der Waals surface area contributed by atoms with Crippen LogP contribution in [0.3, 0.4) is 0 Å². The maximum Gasteiger partial charge on any atom is -0.0159 e. The van der Waals surface area contributed by atoms with E-state index in [4.69, 9.17) is 0 Å². The molecule has 0 heteroatoms. The minimum absolute atomic E-state index is 0.756. The first-order valence-corrected chi connectivity index (χ1v) is 7.77. The van der Waals surface area contributed by atoms with Crippen molar-refractivity contribution in [2.45, 2.75) is 65.7 Å². The van der Waals surface area contributed by atoms with Gasteiger partial charge >= 0.3 is 0 Å². The zero-order chi connectivity index (χ0) is 13.4. The van der Waals surface area contributed by atoms with E-state index < -0.39 is 0 Å². The summed E-state index contributed by atoms with van der Waals surface area (Å²) in [7, 11) is 0. The van der Waals surface area contributed by atoms with Crippen LogP contribution in [0.25, 0.3) is 0 Å². The summed E-state index contributed by atoms with van der Waals surface area (Å²) in [6.07, 6.45) is 6.62. The van der Waals surface area contributed by atoms with Crippen LogP contribution in [0.1, 0.15) is 71.3 Å². The first-order valence-electron chi connectivity index (χ1n) is 7.77. The van der Waals surface area contributed by atoms with Gasteiger partial charge in [-0.1, -0.05) is 77.3 Å². The first-order chi connectivity index (χ1) is 8.72. The molecule has 0 aliphatic carbocycles. The quantitative estimate of drug-likeness (QED) is 0.525. The Labute approximate surface area is 114 Å². The minimum Gasteiger partial charge on any atom is -0.0654 e. The Hall–Kier alpha value is -0.780. The second-order valence-electron chi connectivity index (χ2n) is 5.69. The highest BCUT2D eigenvalue weighted by molar-refractivity contribution is 5.19. The van der Waals surface area contributed by atoms with Gasteiger partial charge in [0.2, 0.25) is 0 Å². The molecule has 0 heterocycles. The third-order valence-electron chi connectivity index (χ3n) is 4.42. The summed E-state index contributed by atoms with van der Waals surface area (Å²) in [5, 5.41) is 0. The maximum atomic E-state index is 2.45. The molecule has 0 fully saturated rings. The fourth-order valence-electron chi connectivity index (χ4n) is 3.23. The van der Waals surface area contributed by atoms with Crippen LogP contribution in [0, 0.1) is 11.8 Å². The van der Waals surface area contributed by atoms with Crippen molar-refractivity contribution >= 4 is 0 Å². The molecule has 0 spiro atoms. The van der Waals surface area contributed by atoms with Crippen LogP contribution >= 0.6 is 0 Å². The van der Waals surface area contributed by atoms with Crippen LogP contribution in [0.2, 0.25) is 0 Å². The van der Waals surface area contributed by atoms with Crippen molar-refractivity contribution in [1.82, 2.24) is 0 Å². The molecule has 0 amide bonds. The Morgan fingerprint density at radius 2 is 1.56 bits per heavy atom. The smallest absolute Gasteiger partial charge is 0.0159 e. The van der Waals surface area contributed by atoms with E-state index in [1.54, 1.807) is 0 Å². The van der Waals surface area contributed by atoms with Gasteiger partial charge in [0.25, 0.3) is 0 Å². The van der Waals surface area contributed by atoms with Gasteiger partial charge in [0, 0.05) is 0 Å². The van der Waals surface area contributed by atoms with E-state index in [2.05, 4.69) is 58.0 Å². The molecule has 0 aliphatic heterocycles. The molecule has 0 saturated heterocycles. The predicted octanol–water partition coefficient (Wildman–Crippen LogP) is 6.03. The lowest BCUT2D eigenvalue weighted by Crippen LogP contribution is -2.14. The lowest BCUT2D eigenvalue weighted by Gasteiger charge is -2.26. The summed E-state index contributed by atoms with van der Waals surface area (Å²) in [4.78, 5) is 0. The lowest BCUT2D eigenvalue weighted by molar-refractivity contribution is 0.294. The summed E-state index contributed by atoms with van der Waals surface area (Å²) >= 11 is 0. The molecular weight excluding hydrogens is 216 g/mol. The van der Waals surface area contributed by atoms with Crippen LogP contribution in [0.5, 0.6) is 0 Å². The van der Waals surface area contributed by atoms with Gasteiger partial charge in [0.05, 0.1) is 0 Å². The maximum absolute atomic E-state index is 2.45. The van der Waals surface area contributed by atoms with Gasteiger partial charge in [-0.25, -0.2) is 0 Å². The molecule has 0 bridgehead atoms. The van der Waals surface area contributed by atoms with Crippen LogP contribution in [0.4, 0.5) is 0 Å². The molecule has 0 nitrogen and oxygen atoms in total. The topological polar surface area (TPSA) is 0 Å². The molecule has 0 aliphatic rings. The zero-order valence-electron chi connectivity index (χ0n) is 12.7. The highest BCUT2D eigenvalue weighted by Gasteiger charge is 2.19. The van der Waals surface area contributed by atoms with Crippen molar-refractivity contribution in [3.05, 3.63) is 35.9 Å². The normalized spacial score (nSPS) is 14.7. The van der Waals surface area contributed by atoms with E-state index in [0.29, 0.717) is 0 Å². The van der Waals surface area contributed by atoms with Crippen molar-refractivity contribution in [2.24, 2.45) is 11.8 Å². The molecule has 102 valence electrons. The van der Waals surface area contributed by atoms with Gasteiger partial charge in [-0.15, -0.1) is 0 Å². The first kappa shape index (κ1) is 15.3. The monoisotopic (exact) mass is 246 g/mol. The highest BCUT2D eigenvalue weighted by atomic mass is 14.2. The van der Waals surface area contributed by atoms with Gasteiger partial charge in [-0.3, -0.25) is 0 Å². The van der Waals surface area contributed by atoms with Crippen molar-refractivity contribution in [1.29, 1.82) is 0 Å². The van der Waals surface area contributed by atoms with Crippen molar-refractivity contribution in [3.8, 4) is 0 Å². The number of hydrogen-bond donors (Lipinski definition) is 0. The van der Waals surface area contributed by atoms with Gasteiger partial charge < -0.3 is 0 Å². The Balaban J connectivity index is 2.69. The Bertz CT molecular complexity index is 297. The van der Waals surface area contributed by atoms with Crippen molar-refractivity contribution in [2.75, 3.05) is 0 Å². The summed E-state index contributed by atoms with van der Waals surface area (Å²) < 4.78 is 0. The lowest BCUT2D eigenvalue weighted by atomic mass is 9.79. The van der Waals surface area contributed by atoms with Crippen LogP contribution in [0.15, 0.2) is 30.3 Å². The molecule has 1 rings (SSSR count). The fraction of sp³-hybridized carbons (Fsp3) is 0.667. The molecule has 18 heavy (non-hydrogen) atoms. The molecule has 1 aromatic carbocycles. The average Bonchev–Trinajstić information content (AvgIpc) is 2.40. The van der Waals surface area contributed by atoms with Gasteiger partial charge in [-0.2, -0.15) is 0 Å². The van der Waals surface area contributed by atoms with E-state index in [1.807, 2.05) is 0 Å². The number of rotatable bonds is 8. The number of hydrogen-bond acceptors (Lipinski definition) is 0. The second-order valence-corrected chi connectivity index (χ2v) is 5.69. The summed E-state index contributed by atoms with van der Waals surface area (Å²) in [5.41, 5.74) is 1.54. The molecule has 0 saturated carbocycles. The van der Waals surface area contributed by atoms with E-state index in [-0.39, 0.29) is 0 Å². The molecule has 0 radical (unpaired) electrons. The van der Waals surface area contributed by atoms with E-state index >= 15 is 0 Å². The SMILES string of the molecule is CCCC(C[C@@H](C)C(CC)CC)c1ccccc1. The van der Waals surface area contributed by atoms with Crippen LogP contribution in [-0.2, 0) is 0 Å². The number of benzene rings is 1. The summed E-state index contributed by atoms with van der Waals surface area (Å²) in [6.45, 7) is 9.42. The largest absolute Gasteiger partial charge is 0.0654 e. The Morgan fingerprint density at radius 1 is 0.944 bits per heavy atom. The van der Waals surface area contributed by atoms with Crippen LogP contribution in [-0.4, -0.2) is 0 Å². The van der Waals surface area contributed by atoms with Crippen molar-refractivity contribution in [3.63, 3.8) is 0 Å². The van der Waals surface area contributed by atoms with E-state index in [9.17, 15) is 0 Å². The summed E-state index contributed by atoms with van der Waals surface area (Å²) in [6, 6.07) is 11.1. The van der Waals surface area contributed by atoms with Gasteiger partial charge in [0.1, 0.15) is 0 Å². The third-order valence-corrected chi connectivity index (χ3v) is 4.42. The minimum atomic E-state index is 0.756. The zero-order valence-corrected chi connectivity index (χ0v) is 12.7. The van der Waals surface area contributed by atoms with E-state index in [0.717, 1.165) is 17.8 Å². The van der Waals surface area contributed by atoms with Crippen LogP contribution < -0.4 is 0 Å². The van der Waals surface area contributed by atoms with E-state index in [1.165, 1.54) is 37.7 Å². The Kier molecular flexibility index (Phi) is 7.08. The molecule has 1 unspecified atom stereocenters. The molecular formula is C18H30. The third kappa shape index (κ3) is 4.48. The van der Waals surface area contributed by atoms with Gasteiger partial charge in [-0.05, 0) is 36.2 Å². The second kappa shape index (κ2) is 8.34. The fourth-order valence-corrected chi connectivity index (χ4v) is 3.23. The Morgan fingerprint density at radius 3 is 2.06 bits per heavy atom. The summed E-state index contributed by atoms with van der Waals surface area (Å²) in [5.74, 6) is 2.50.